The molecule has 7 heteroatoms. The average Bonchev–Trinajstić information content (AvgIpc) is 3.24. The lowest BCUT2D eigenvalue weighted by Crippen LogP contribution is -2.51. The number of carbonyl (C=O) groups excluding carboxylic acids is 1. The molecule has 2 aliphatic rings. The predicted molar refractivity (Wildman–Crippen MR) is 94.1 cm³/mol. The van der Waals surface area contributed by atoms with Crippen LogP contribution in [0.4, 0.5) is 0 Å². The Kier molecular flexibility index (Phi) is 11.4. The van der Waals surface area contributed by atoms with Gasteiger partial charge in [0.1, 0.15) is 0 Å². The molecule has 1 saturated carbocycles. The van der Waals surface area contributed by atoms with Crippen molar-refractivity contribution in [1.82, 2.24) is 15.5 Å². The number of rotatable bonds is 8. The third-order valence-corrected chi connectivity index (χ3v) is 4.21. The summed E-state index contributed by atoms with van der Waals surface area (Å²) in [6.45, 7) is 10.2. The Balaban J connectivity index is 0.00000220. The highest BCUT2D eigenvalue weighted by Gasteiger charge is 2.24. The molecule has 2 N–H and O–H groups in total. The van der Waals surface area contributed by atoms with E-state index in [0.29, 0.717) is 18.5 Å². The Labute approximate surface area is 146 Å². The van der Waals surface area contributed by atoms with Crippen LogP contribution in [0.15, 0.2) is 0 Å². The van der Waals surface area contributed by atoms with E-state index in [9.17, 15) is 4.79 Å². The molecule has 132 valence electrons. The molecule has 1 heterocycles. The Morgan fingerprint density at radius 3 is 2.41 bits per heavy atom. The summed E-state index contributed by atoms with van der Waals surface area (Å²) in [5.74, 6) is 1.47. The van der Waals surface area contributed by atoms with Crippen LogP contribution < -0.4 is 10.6 Å². The average molecular weight is 356 g/mol. The number of ether oxygens (including phenoxy) is 1. The second-order valence-electron chi connectivity index (χ2n) is 6.34. The molecule has 2 fully saturated rings. The van der Waals surface area contributed by atoms with Crippen molar-refractivity contribution < 1.29 is 9.53 Å². The number of hydrogen-bond donors (Lipinski definition) is 2. The molecule has 0 radical (unpaired) electrons. The van der Waals surface area contributed by atoms with Crippen molar-refractivity contribution in [2.24, 2.45) is 11.8 Å². The molecule has 0 bridgehead atoms. The molecule has 0 spiro atoms. The van der Waals surface area contributed by atoms with E-state index >= 15 is 0 Å². The van der Waals surface area contributed by atoms with Gasteiger partial charge in [0.25, 0.3) is 0 Å². The highest BCUT2D eigenvalue weighted by atomic mass is 35.5. The van der Waals surface area contributed by atoms with Crippen molar-refractivity contribution in [3.05, 3.63) is 0 Å². The molecule has 22 heavy (non-hydrogen) atoms. The zero-order valence-electron chi connectivity index (χ0n) is 13.7. The Bertz CT molecular complexity index is 309. The first kappa shape index (κ1) is 21.9. The zero-order valence-corrected chi connectivity index (χ0v) is 15.3. The highest BCUT2D eigenvalue weighted by molar-refractivity contribution is 5.85. The van der Waals surface area contributed by atoms with Gasteiger partial charge < -0.3 is 15.4 Å². The molecule has 0 aromatic rings. The minimum absolute atomic E-state index is 0. The van der Waals surface area contributed by atoms with Crippen molar-refractivity contribution in [2.45, 2.75) is 32.7 Å². The van der Waals surface area contributed by atoms with Crippen molar-refractivity contribution in [3.63, 3.8) is 0 Å². The fourth-order valence-electron chi connectivity index (χ4n) is 2.69. The largest absolute Gasteiger partial charge is 0.379 e. The van der Waals surface area contributed by atoms with Gasteiger partial charge in [-0.05, 0) is 31.2 Å². The molecule has 1 aliphatic heterocycles. The maximum absolute atomic E-state index is 11.8. The molecule has 1 aliphatic carbocycles. The molecule has 0 aromatic heterocycles. The van der Waals surface area contributed by atoms with Crippen LogP contribution >= 0.6 is 24.8 Å². The van der Waals surface area contributed by atoms with E-state index in [0.717, 1.165) is 45.3 Å². The normalized spacial score (nSPS) is 20.0. The zero-order chi connectivity index (χ0) is 14.4. The lowest BCUT2D eigenvalue weighted by Gasteiger charge is -2.36. The fraction of sp³-hybridized carbons (Fsp3) is 0.933. The molecular weight excluding hydrogens is 325 g/mol. The lowest BCUT2D eigenvalue weighted by molar-refractivity contribution is -0.120. The van der Waals surface area contributed by atoms with E-state index in [1.54, 1.807) is 0 Å². The molecule has 5 nitrogen and oxygen atoms in total. The summed E-state index contributed by atoms with van der Waals surface area (Å²) in [4.78, 5) is 14.3. The molecule has 0 aromatic carbocycles. The molecule has 1 unspecified atom stereocenters. The molecular formula is C15H31Cl2N3O2. The summed E-state index contributed by atoms with van der Waals surface area (Å²) in [6, 6.07) is 0.409. The van der Waals surface area contributed by atoms with Crippen LogP contribution in [0.2, 0.25) is 0 Å². The van der Waals surface area contributed by atoms with E-state index in [-0.39, 0.29) is 30.7 Å². The van der Waals surface area contributed by atoms with Gasteiger partial charge in [-0.2, -0.15) is 0 Å². The third kappa shape index (κ3) is 7.97. The lowest BCUT2D eigenvalue weighted by atomic mass is 10.0. The number of halogens is 2. The van der Waals surface area contributed by atoms with Crippen LogP contribution in [0.1, 0.15) is 26.7 Å². The first-order valence-corrected chi connectivity index (χ1v) is 7.96. The van der Waals surface area contributed by atoms with E-state index < -0.39 is 0 Å². The summed E-state index contributed by atoms with van der Waals surface area (Å²) in [7, 11) is 0. The van der Waals surface area contributed by atoms with Crippen molar-refractivity contribution >= 4 is 30.7 Å². The van der Waals surface area contributed by atoms with Crippen molar-refractivity contribution in [2.75, 3.05) is 45.9 Å². The number of carbonyl (C=O) groups is 1. The minimum atomic E-state index is 0. The standard InChI is InChI=1S/C15H29N3O2.2ClH/c1-12(2)14(18-5-7-20-8-6-18)10-17-15(19)11-16-9-13-3-4-13;;/h12-14,16H,3-11H2,1-2H3,(H,17,19);2*1H. The number of amides is 1. The highest BCUT2D eigenvalue weighted by Crippen LogP contribution is 2.27. The Morgan fingerprint density at radius 1 is 1.23 bits per heavy atom. The van der Waals surface area contributed by atoms with E-state index in [2.05, 4.69) is 29.4 Å². The number of hydrogen-bond acceptors (Lipinski definition) is 4. The maximum Gasteiger partial charge on any atom is 0.234 e. The van der Waals surface area contributed by atoms with Crippen LogP contribution in [0.3, 0.4) is 0 Å². The first-order valence-electron chi connectivity index (χ1n) is 7.96. The van der Waals surface area contributed by atoms with Crippen LogP contribution in [0.25, 0.3) is 0 Å². The Morgan fingerprint density at radius 2 is 1.86 bits per heavy atom. The molecule has 1 saturated heterocycles. The van der Waals surface area contributed by atoms with E-state index in [1.165, 1.54) is 12.8 Å². The fourth-order valence-corrected chi connectivity index (χ4v) is 2.69. The smallest absolute Gasteiger partial charge is 0.234 e. The van der Waals surface area contributed by atoms with Crippen molar-refractivity contribution in [3.8, 4) is 0 Å². The van der Waals surface area contributed by atoms with Gasteiger partial charge in [0.15, 0.2) is 0 Å². The van der Waals surface area contributed by atoms with Gasteiger partial charge in [-0.25, -0.2) is 0 Å². The van der Waals surface area contributed by atoms with Gasteiger partial charge in [0.2, 0.25) is 5.91 Å². The van der Waals surface area contributed by atoms with Crippen LogP contribution in [-0.2, 0) is 9.53 Å². The topological polar surface area (TPSA) is 53.6 Å². The number of morpholine rings is 1. The Hall–Kier alpha value is -0.0700. The van der Waals surface area contributed by atoms with E-state index in [4.69, 9.17) is 4.74 Å². The monoisotopic (exact) mass is 355 g/mol. The predicted octanol–water partition coefficient (Wildman–Crippen LogP) is 1.30. The second kappa shape index (κ2) is 11.5. The quantitative estimate of drug-likeness (QED) is 0.689. The van der Waals surface area contributed by atoms with Gasteiger partial charge in [0, 0.05) is 25.7 Å². The summed E-state index contributed by atoms with van der Waals surface area (Å²) >= 11 is 0. The second-order valence-corrected chi connectivity index (χ2v) is 6.34. The van der Waals surface area contributed by atoms with Gasteiger partial charge in [-0.15, -0.1) is 24.8 Å². The maximum atomic E-state index is 11.8. The molecule has 1 amide bonds. The number of nitrogens with zero attached hydrogens (tertiary/aromatic N) is 1. The van der Waals surface area contributed by atoms with Gasteiger partial charge in [-0.1, -0.05) is 13.8 Å². The number of nitrogens with one attached hydrogen (secondary N) is 2. The summed E-state index contributed by atoms with van der Waals surface area (Å²) in [5, 5.41) is 6.31. The van der Waals surface area contributed by atoms with Crippen LogP contribution in [0.5, 0.6) is 0 Å². The first-order chi connectivity index (χ1) is 9.66. The van der Waals surface area contributed by atoms with Gasteiger partial charge >= 0.3 is 0 Å². The van der Waals surface area contributed by atoms with Crippen LogP contribution in [-0.4, -0.2) is 62.8 Å². The van der Waals surface area contributed by atoms with Crippen molar-refractivity contribution in [1.29, 1.82) is 0 Å². The minimum Gasteiger partial charge on any atom is -0.379 e. The van der Waals surface area contributed by atoms with Gasteiger partial charge in [0.05, 0.1) is 19.8 Å². The third-order valence-electron chi connectivity index (χ3n) is 4.21. The van der Waals surface area contributed by atoms with E-state index in [1.807, 2.05) is 0 Å². The SMILES string of the molecule is CC(C)C(CNC(=O)CNCC1CC1)N1CCOCC1.Cl.Cl. The van der Waals surface area contributed by atoms with Gasteiger partial charge in [-0.3, -0.25) is 9.69 Å². The summed E-state index contributed by atoms with van der Waals surface area (Å²) in [6.07, 6.45) is 2.64. The molecule has 2 rings (SSSR count). The molecule has 1 atom stereocenters. The van der Waals surface area contributed by atoms with Crippen LogP contribution in [0, 0.1) is 11.8 Å². The summed E-state index contributed by atoms with van der Waals surface area (Å²) < 4.78 is 5.40. The summed E-state index contributed by atoms with van der Waals surface area (Å²) in [5.41, 5.74) is 0.